The van der Waals surface area contributed by atoms with E-state index in [1.807, 2.05) is 76.2 Å². The van der Waals surface area contributed by atoms with Gasteiger partial charge in [-0.1, -0.05) is 65.8 Å². The standard InChI is InChI=1S/C16H22N2O3.C9H9NO.C7H13NO2.2C2H6/c1-4-13-6-8-14(9-7-13)17-16(21)18-15(12(3)20)10-5-11(2)19;1-2-8-3-5-9(6-4-8)10-7-11;1-5(9)3-4-7(8)6(2)10;2*1-2/h6-9,15H,4-5,10H2,1-3H3,(H2,17,18,21);3-6H,2H2,1H3;7H,3-4,8H2,1-2H3;2*1-2H3. The van der Waals surface area contributed by atoms with Crippen LogP contribution in [-0.2, 0) is 36.8 Å². The molecule has 0 radical (unpaired) electrons. The Kier molecular flexibility index (Phi) is 29.5. The molecule has 0 fully saturated rings. The van der Waals surface area contributed by atoms with E-state index in [1.165, 1.54) is 44.9 Å². The van der Waals surface area contributed by atoms with Gasteiger partial charge in [0.1, 0.15) is 17.3 Å². The fourth-order valence-electron chi connectivity index (χ4n) is 3.29. The SMILES string of the molecule is CC.CC.CC(=O)CCC(N)C(C)=O.CCc1ccc(N=C=O)cc1.CCc1ccc(NC(=O)NC(CCC(C)=O)C(C)=O)cc1. The monoisotopic (exact) mass is 640 g/mol. The minimum atomic E-state index is -0.635. The van der Waals surface area contributed by atoms with Gasteiger partial charge in [-0.2, -0.15) is 4.99 Å². The number of carbonyl (C=O) groups excluding carboxylic acids is 6. The molecule has 0 aliphatic heterocycles. The number of aryl methyl sites for hydroxylation is 2. The summed E-state index contributed by atoms with van der Waals surface area (Å²) < 4.78 is 0. The lowest BCUT2D eigenvalue weighted by atomic mass is 10.1. The van der Waals surface area contributed by atoms with E-state index in [9.17, 15) is 28.8 Å². The molecule has 2 aromatic rings. The Hall–Kier alpha value is -4.27. The predicted molar refractivity (Wildman–Crippen MR) is 187 cm³/mol. The highest BCUT2D eigenvalue weighted by atomic mass is 16.2. The second-order valence-electron chi connectivity index (χ2n) is 9.73. The number of hydrogen-bond acceptors (Lipinski definition) is 8. The molecule has 0 heterocycles. The molecular weight excluding hydrogens is 584 g/mol. The van der Waals surface area contributed by atoms with Crippen molar-refractivity contribution in [2.24, 2.45) is 10.7 Å². The van der Waals surface area contributed by atoms with Crippen molar-refractivity contribution in [3.63, 3.8) is 0 Å². The Labute approximate surface area is 276 Å². The Balaban J connectivity index is -0.000000623. The van der Waals surface area contributed by atoms with Crippen molar-refractivity contribution in [3.05, 3.63) is 59.7 Å². The molecule has 2 atom stereocenters. The first-order valence-electron chi connectivity index (χ1n) is 15.9. The van der Waals surface area contributed by atoms with Crippen LogP contribution in [0.4, 0.5) is 16.2 Å². The van der Waals surface area contributed by atoms with E-state index < -0.39 is 18.1 Å². The summed E-state index contributed by atoms with van der Waals surface area (Å²) in [5, 5.41) is 5.28. The number of Topliss-reactive ketones (excluding diaryl/α,β-unsaturated/α-hetero) is 4. The van der Waals surface area contributed by atoms with Crippen LogP contribution in [-0.4, -0.2) is 47.3 Å². The van der Waals surface area contributed by atoms with Crippen LogP contribution in [0.25, 0.3) is 0 Å². The number of rotatable bonds is 13. The Morgan fingerprint density at radius 3 is 1.52 bits per heavy atom. The number of amides is 2. The number of anilines is 1. The molecule has 0 bridgehead atoms. The minimum Gasteiger partial charge on any atom is -0.328 e. The zero-order valence-electron chi connectivity index (χ0n) is 29.5. The number of isocyanates is 1. The predicted octanol–water partition coefficient (Wildman–Crippen LogP) is 7.24. The number of nitrogens with two attached hydrogens (primary N) is 1. The molecular formula is C36H56N4O6. The number of urea groups is 1. The number of hydrogen-bond donors (Lipinski definition) is 3. The number of ketones is 4. The smallest absolute Gasteiger partial charge is 0.319 e. The molecule has 0 aliphatic rings. The highest BCUT2D eigenvalue weighted by Gasteiger charge is 2.17. The van der Waals surface area contributed by atoms with Crippen molar-refractivity contribution in [3.8, 4) is 0 Å². The van der Waals surface area contributed by atoms with Crippen molar-refractivity contribution in [2.45, 2.75) is 120 Å². The Bertz CT molecular complexity index is 1200. The van der Waals surface area contributed by atoms with Crippen LogP contribution < -0.4 is 16.4 Å². The van der Waals surface area contributed by atoms with Gasteiger partial charge < -0.3 is 26.0 Å². The first-order valence-corrected chi connectivity index (χ1v) is 15.9. The van der Waals surface area contributed by atoms with Gasteiger partial charge in [-0.25, -0.2) is 9.59 Å². The van der Waals surface area contributed by atoms with Gasteiger partial charge >= 0.3 is 6.03 Å². The molecule has 0 spiro atoms. The number of carbonyl (C=O) groups is 5. The summed E-state index contributed by atoms with van der Waals surface area (Å²) >= 11 is 0. The van der Waals surface area contributed by atoms with E-state index in [-0.39, 0.29) is 29.6 Å². The maximum atomic E-state index is 11.9. The lowest BCUT2D eigenvalue weighted by Gasteiger charge is -2.16. The summed E-state index contributed by atoms with van der Waals surface area (Å²) in [7, 11) is 0. The van der Waals surface area contributed by atoms with Gasteiger partial charge in [0, 0.05) is 18.5 Å². The van der Waals surface area contributed by atoms with Crippen LogP contribution in [0.15, 0.2) is 53.5 Å². The summed E-state index contributed by atoms with van der Waals surface area (Å²) in [5.41, 5.74) is 9.12. The molecule has 2 unspecified atom stereocenters. The molecule has 46 heavy (non-hydrogen) atoms. The molecule has 0 saturated carbocycles. The summed E-state index contributed by atoms with van der Waals surface area (Å²) in [6.45, 7) is 17.9. The molecule has 4 N–H and O–H groups in total. The largest absolute Gasteiger partial charge is 0.328 e. The molecule has 256 valence electrons. The van der Waals surface area contributed by atoms with Crippen LogP contribution in [0.5, 0.6) is 0 Å². The van der Waals surface area contributed by atoms with Crippen LogP contribution >= 0.6 is 0 Å². The molecule has 10 nitrogen and oxygen atoms in total. The zero-order valence-corrected chi connectivity index (χ0v) is 29.5. The first-order chi connectivity index (χ1) is 21.8. The van der Waals surface area contributed by atoms with E-state index >= 15 is 0 Å². The first kappa shape index (κ1) is 46.2. The van der Waals surface area contributed by atoms with Gasteiger partial charge in [-0.05, 0) is 88.8 Å². The summed E-state index contributed by atoms with van der Waals surface area (Å²) in [6, 6.07) is 13.5. The van der Waals surface area contributed by atoms with Gasteiger partial charge in [0.2, 0.25) is 6.08 Å². The van der Waals surface area contributed by atoms with E-state index in [0.717, 1.165) is 12.8 Å². The van der Waals surface area contributed by atoms with Gasteiger partial charge in [-0.3, -0.25) is 9.59 Å². The summed E-state index contributed by atoms with van der Waals surface area (Å²) in [5.74, 6) is -0.135. The van der Waals surface area contributed by atoms with Crippen LogP contribution in [0.2, 0.25) is 0 Å². The third-order valence-corrected chi connectivity index (χ3v) is 6.05. The van der Waals surface area contributed by atoms with E-state index in [1.54, 1.807) is 0 Å². The third kappa shape index (κ3) is 25.1. The molecule has 0 aliphatic carbocycles. The summed E-state index contributed by atoms with van der Waals surface area (Å²) in [4.78, 5) is 68.5. The molecule has 2 aromatic carbocycles. The fraction of sp³-hybridized carbons (Fsp3) is 0.500. The molecule has 2 rings (SSSR count). The average Bonchev–Trinajstić information content (AvgIpc) is 3.05. The maximum Gasteiger partial charge on any atom is 0.319 e. The fourth-order valence-corrected chi connectivity index (χ4v) is 3.29. The second kappa shape index (κ2) is 29.4. The average molecular weight is 641 g/mol. The van der Waals surface area contributed by atoms with E-state index in [4.69, 9.17) is 5.73 Å². The van der Waals surface area contributed by atoms with Crippen LogP contribution in [0.1, 0.15) is 106 Å². The van der Waals surface area contributed by atoms with Crippen molar-refractivity contribution < 1.29 is 28.8 Å². The lowest BCUT2D eigenvalue weighted by molar-refractivity contribution is -0.121. The molecule has 0 saturated heterocycles. The van der Waals surface area contributed by atoms with Crippen molar-refractivity contribution in [1.82, 2.24) is 5.32 Å². The topological polar surface area (TPSA) is 165 Å². The highest BCUT2D eigenvalue weighted by molar-refractivity contribution is 5.94. The zero-order chi connectivity index (χ0) is 36.1. The van der Waals surface area contributed by atoms with Crippen molar-refractivity contribution in [2.75, 3.05) is 5.32 Å². The minimum absolute atomic E-state index is 0.00128. The Morgan fingerprint density at radius 1 is 0.717 bits per heavy atom. The van der Waals surface area contributed by atoms with E-state index in [0.29, 0.717) is 30.6 Å². The maximum absolute atomic E-state index is 11.9. The third-order valence-electron chi connectivity index (χ3n) is 6.05. The highest BCUT2D eigenvalue weighted by Crippen LogP contribution is 2.12. The van der Waals surface area contributed by atoms with E-state index in [2.05, 4.69) is 29.5 Å². The second-order valence-corrected chi connectivity index (χ2v) is 9.73. The van der Waals surface area contributed by atoms with Crippen molar-refractivity contribution >= 4 is 46.6 Å². The molecule has 2 amide bonds. The van der Waals surface area contributed by atoms with Gasteiger partial charge in [-0.15, -0.1) is 0 Å². The number of nitrogens with one attached hydrogen (secondary N) is 2. The quantitative estimate of drug-likeness (QED) is 0.153. The summed E-state index contributed by atoms with van der Waals surface area (Å²) in [6.07, 6.45) is 4.92. The lowest BCUT2D eigenvalue weighted by Crippen LogP contribution is -2.42. The van der Waals surface area contributed by atoms with Crippen LogP contribution in [0, 0.1) is 0 Å². The number of benzene rings is 2. The van der Waals surface area contributed by atoms with Gasteiger partial charge in [0.05, 0.1) is 17.8 Å². The number of aliphatic imine (C=N–C) groups is 1. The van der Waals surface area contributed by atoms with Gasteiger partial charge in [0.15, 0.2) is 5.78 Å². The molecule has 0 aromatic heterocycles. The van der Waals surface area contributed by atoms with Gasteiger partial charge in [0.25, 0.3) is 0 Å². The molecule has 10 heteroatoms. The normalized spacial score (nSPS) is 10.4. The van der Waals surface area contributed by atoms with Crippen LogP contribution in [0.3, 0.4) is 0 Å². The van der Waals surface area contributed by atoms with Crippen molar-refractivity contribution in [1.29, 1.82) is 0 Å². The Morgan fingerprint density at radius 2 is 1.15 bits per heavy atom. The number of nitrogens with zero attached hydrogens (tertiary/aromatic N) is 1.